The van der Waals surface area contributed by atoms with E-state index in [1.165, 1.54) is 5.56 Å². The van der Waals surface area contributed by atoms with Crippen LogP contribution < -0.4 is 5.73 Å². The summed E-state index contributed by atoms with van der Waals surface area (Å²) in [4.78, 5) is 4.47. The normalized spacial score (nSPS) is 12.5. The van der Waals surface area contributed by atoms with Gasteiger partial charge in [-0.2, -0.15) is 0 Å². The summed E-state index contributed by atoms with van der Waals surface area (Å²) >= 11 is 3.44. The van der Waals surface area contributed by atoms with Crippen molar-refractivity contribution < 1.29 is 0 Å². The van der Waals surface area contributed by atoms with Crippen LogP contribution in [0.4, 0.5) is 0 Å². The standard InChI is InChI=1S/C17H15BrN2/c18-15-7-5-12(6-8-15)9-16(19)14-10-13-3-1-2-4-17(13)20-11-14/h1-8,10-11,16H,9,19H2. The maximum Gasteiger partial charge on any atom is 0.0702 e. The summed E-state index contributed by atoms with van der Waals surface area (Å²) < 4.78 is 1.09. The number of halogens is 1. The Morgan fingerprint density at radius 1 is 1.05 bits per heavy atom. The third kappa shape index (κ3) is 2.89. The van der Waals surface area contributed by atoms with Crippen LogP contribution in [0.3, 0.4) is 0 Å². The summed E-state index contributed by atoms with van der Waals surface area (Å²) in [5, 5.41) is 1.14. The van der Waals surface area contributed by atoms with Crippen LogP contribution in [-0.2, 0) is 6.42 Å². The Morgan fingerprint density at radius 3 is 2.60 bits per heavy atom. The highest BCUT2D eigenvalue weighted by molar-refractivity contribution is 9.10. The van der Waals surface area contributed by atoms with Gasteiger partial charge in [-0.3, -0.25) is 4.98 Å². The molecule has 2 N–H and O–H groups in total. The van der Waals surface area contributed by atoms with E-state index in [1.807, 2.05) is 36.5 Å². The number of pyridine rings is 1. The zero-order valence-electron chi connectivity index (χ0n) is 11.0. The third-order valence-corrected chi connectivity index (χ3v) is 3.94. The number of benzene rings is 2. The zero-order valence-corrected chi connectivity index (χ0v) is 12.5. The van der Waals surface area contributed by atoms with Crippen molar-refractivity contribution in [3.8, 4) is 0 Å². The summed E-state index contributed by atoms with van der Waals surface area (Å²) in [6.07, 6.45) is 2.69. The predicted molar refractivity (Wildman–Crippen MR) is 86.5 cm³/mol. The number of nitrogens with two attached hydrogens (primary N) is 1. The largest absolute Gasteiger partial charge is 0.324 e. The molecule has 0 radical (unpaired) electrons. The maximum atomic E-state index is 6.30. The van der Waals surface area contributed by atoms with E-state index in [-0.39, 0.29) is 6.04 Å². The molecule has 1 aromatic heterocycles. The van der Waals surface area contributed by atoms with E-state index in [0.717, 1.165) is 27.4 Å². The lowest BCUT2D eigenvalue weighted by atomic mass is 10.00. The van der Waals surface area contributed by atoms with Crippen LogP contribution in [0.5, 0.6) is 0 Å². The summed E-state index contributed by atoms with van der Waals surface area (Å²) in [6.45, 7) is 0. The minimum Gasteiger partial charge on any atom is -0.324 e. The molecule has 0 aliphatic rings. The monoisotopic (exact) mass is 326 g/mol. The first-order chi connectivity index (χ1) is 9.72. The molecule has 1 atom stereocenters. The van der Waals surface area contributed by atoms with Crippen LogP contribution in [0, 0.1) is 0 Å². The van der Waals surface area contributed by atoms with E-state index in [1.54, 1.807) is 0 Å². The van der Waals surface area contributed by atoms with E-state index < -0.39 is 0 Å². The number of nitrogens with zero attached hydrogens (tertiary/aromatic N) is 1. The molecule has 0 amide bonds. The van der Waals surface area contributed by atoms with Gasteiger partial charge < -0.3 is 5.73 Å². The maximum absolute atomic E-state index is 6.30. The first kappa shape index (κ1) is 13.3. The molecule has 0 saturated carbocycles. The van der Waals surface area contributed by atoms with Gasteiger partial charge >= 0.3 is 0 Å². The lowest BCUT2D eigenvalue weighted by Crippen LogP contribution is -2.13. The smallest absolute Gasteiger partial charge is 0.0702 e. The Labute approximate surface area is 126 Å². The van der Waals surface area contributed by atoms with Gasteiger partial charge in [-0.25, -0.2) is 0 Å². The molecular formula is C17H15BrN2. The minimum absolute atomic E-state index is 0.0340. The van der Waals surface area contributed by atoms with Gasteiger partial charge in [0.2, 0.25) is 0 Å². The lowest BCUT2D eigenvalue weighted by molar-refractivity contribution is 0.720. The second-order valence-corrected chi connectivity index (χ2v) is 5.81. The van der Waals surface area contributed by atoms with Gasteiger partial charge in [-0.05, 0) is 41.8 Å². The minimum atomic E-state index is -0.0340. The fourth-order valence-electron chi connectivity index (χ4n) is 2.28. The van der Waals surface area contributed by atoms with E-state index in [0.29, 0.717) is 0 Å². The van der Waals surface area contributed by atoms with Crippen LogP contribution in [0.1, 0.15) is 17.2 Å². The molecular weight excluding hydrogens is 312 g/mol. The highest BCUT2D eigenvalue weighted by atomic mass is 79.9. The van der Waals surface area contributed by atoms with Crippen molar-refractivity contribution in [2.24, 2.45) is 5.73 Å². The number of fused-ring (bicyclic) bond motifs is 1. The molecule has 3 rings (SSSR count). The van der Waals surface area contributed by atoms with Crippen LogP contribution in [-0.4, -0.2) is 4.98 Å². The van der Waals surface area contributed by atoms with E-state index in [9.17, 15) is 0 Å². The van der Waals surface area contributed by atoms with Crippen molar-refractivity contribution in [1.82, 2.24) is 4.98 Å². The second kappa shape index (κ2) is 5.73. The summed E-state index contributed by atoms with van der Waals surface area (Å²) in [5.74, 6) is 0. The first-order valence-electron chi connectivity index (χ1n) is 6.57. The van der Waals surface area contributed by atoms with Crippen LogP contribution in [0.25, 0.3) is 10.9 Å². The third-order valence-electron chi connectivity index (χ3n) is 3.41. The Kier molecular flexibility index (Phi) is 3.81. The number of hydrogen-bond acceptors (Lipinski definition) is 2. The number of hydrogen-bond donors (Lipinski definition) is 1. The summed E-state index contributed by atoms with van der Waals surface area (Å²) in [6, 6.07) is 18.5. The number of para-hydroxylation sites is 1. The van der Waals surface area contributed by atoms with Crippen molar-refractivity contribution in [2.45, 2.75) is 12.5 Å². The molecule has 3 aromatic rings. The average Bonchev–Trinajstić information content (AvgIpc) is 2.49. The molecule has 2 nitrogen and oxygen atoms in total. The predicted octanol–water partition coefficient (Wildman–Crippen LogP) is 4.24. The van der Waals surface area contributed by atoms with E-state index in [2.05, 4.69) is 45.2 Å². The fourth-order valence-corrected chi connectivity index (χ4v) is 2.55. The van der Waals surface area contributed by atoms with Crippen LogP contribution in [0.15, 0.2) is 65.3 Å². The second-order valence-electron chi connectivity index (χ2n) is 4.90. The Bertz CT molecular complexity index is 722. The topological polar surface area (TPSA) is 38.9 Å². The van der Waals surface area contributed by atoms with Gasteiger partial charge in [0.15, 0.2) is 0 Å². The molecule has 0 fully saturated rings. The van der Waals surface area contributed by atoms with Gasteiger partial charge in [0.25, 0.3) is 0 Å². The summed E-state index contributed by atoms with van der Waals surface area (Å²) in [5.41, 5.74) is 9.62. The van der Waals surface area contributed by atoms with Gasteiger partial charge in [0, 0.05) is 22.1 Å². The molecule has 2 aromatic carbocycles. The van der Waals surface area contributed by atoms with E-state index >= 15 is 0 Å². The molecule has 1 unspecified atom stereocenters. The Balaban J connectivity index is 1.84. The van der Waals surface area contributed by atoms with E-state index in [4.69, 9.17) is 5.73 Å². The van der Waals surface area contributed by atoms with Crippen LogP contribution in [0.2, 0.25) is 0 Å². The molecule has 3 heteroatoms. The average molecular weight is 327 g/mol. The molecule has 20 heavy (non-hydrogen) atoms. The highest BCUT2D eigenvalue weighted by Crippen LogP contribution is 2.20. The first-order valence-corrected chi connectivity index (χ1v) is 7.36. The zero-order chi connectivity index (χ0) is 13.9. The van der Waals surface area contributed by atoms with Gasteiger partial charge in [0.1, 0.15) is 0 Å². The lowest BCUT2D eigenvalue weighted by Gasteiger charge is -2.12. The molecule has 0 bridgehead atoms. The molecule has 100 valence electrons. The molecule has 0 saturated heterocycles. The van der Waals surface area contributed by atoms with Gasteiger partial charge in [-0.15, -0.1) is 0 Å². The molecule has 0 aliphatic carbocycles. The van der Waals surface area contributed by atoms with Crippen molar-refractivity contribution in [3.05, 3.63) is 76.4 Å². The number of aromatic nitrogens is 1. The Morgan fingerprint density at radius 2 is 1.80 bits per heavy atom. The Hall–Kier alpha value is -1.71. The molecule has 0 aliphatic heterocycles. The van der Waals surface area contributed by atoms with Crippen molar-refractivity contribution in [3.63, 3.8) is 0 Å². The SMILES string of the molecule is NC(Cc1ccc(Br)cc1)c1cnc2ccccc2c1. The van der Waals surface area contributed by atoms with Gasteiger partial charge in [0.05, 0.1) is 5.52 Å². The quantitative estimate of drug-likeness (QED) is 0.781. The number of rotatable bonds is 3. The van der Waals surface area contributed by atoms with Crippen LogP contribution >= 0.6 is 15.9 Å². The van der Waals surface area contributed by atoms with Gasteiger partial charge in [-0.1, -0.05) is 46.3 Å². The summed E-state index contributed by atoms with van der Waals surface area (Å²) in [7, 11) is 0. The highest BCUT2D eigenvalue weighted by Gasteiger charge is 2.08. The molecule has 1 heterocycles. The van der Waals surface area contributed by atoms with Crippen molar-refractivity contribution in [1.29, 1.82) is 0 Å². The van der Waals surface area contributed by atoms with Crippen molar-refractivity contribution >= 4 is 26.8 Å². The fraction of sp³-hybridized carbons (Fsp3) is 0.118. The molecule has 0 spiro atoms. The van der Waals surface area contributed by atoms with Crippen molar-refractivity contribution in [2.75, 3.05) is 0 Å².